The first-order valence-electron chi connectivity index (χ1n) is 8.59. The topological polar surface area (TPSA) is 62.3 Å². The Kier molecular flexibility index (Phi) is 5.51. The molecule has 0 bridgehead atoms. The van der Waals surface area contributed by atoms with Crippen molar-refractivity contribution in [3.05, 3.63) is 48.3 Å². The normalized spacial score (nSPS) is 16.9. The van der Waals surface area contributed by atoms with Gasteiger partial charge in [0.15, 0.2) is 9.84 Å². The minimum atomic E-state index is -3.16. The third-order valence-electron chi connectivity index (χ3n) is 4.73. The first-order chi connectivity index (χ1) is 11.9. The lowest BCUT2D eigenvalue weighted by Gasteiger charge is -2.29. The Bertz CT molecular complexity index is 794. The van der Waals surface area contributed by atoms with Crippen molar-refractivity contribution < 1.29 is 8.42 Å². The fourth-order valence-corrected chi connectivity index (χ4v) is 3.69. The van der Waals surface area contributed by atoms with E-state index < -0.39 is 9.84 Å². The molecule has 1 aliphatic heterocycles. The van der Waals surface area contributed by atoms with Crippen LogP contribution in [0.15, 0.2) is 47.5 Å². The van der Waals surface area contributed by atoms with E-state index in [9.17, 15) is 8.42 Å². The number of nitrogens with zero attached hydrogens (tertiary/aromatic N) is 2. The SMILES string of the molecule is CN1CCC(NCc2ccc(-c3ccc(S(C)(=O)=O)cc3)cn2)CC1. The van der Waals surface area contributed by atoms with Crippen LogP contribution in [0.3, 0.4) is 0 Å². The second kappa shape index (κ2) is 7.64. The van der Waals surface area contributed by atoms with Crippen molar-refractivity contribution in [1.29, 1.82) is 0 Å². The number of pyridine rings is 1. The monoisotopic (exact) mass is 359 g/mol. The Morgan fingerprint density at radius 3 is 2.28 bits per heavy atom. The first kappa shape index (κ1) is 18.0. The van der Waals surface area contributed by atoms with E-state index in [1.165, 1.54) is 19.1 Å². The quantitative estimate of drug-likeness (QED) is 0.888. The highest BCUT2D eigenvalue weighted by Crippen LogP contribution is 2.21. The number of piperidine rings is 1. The number of rotatable bonds is 5. The summed E-state index contributed by atoms with van der Waals surface area (Å²) < 4.78 is 23.0. The van der Waals surface area contributed by atoms with Crippen molar-refractivity contribution in [1.82, 2.24) is 15.2 Å². The van der Waals surface area contributed by atoms with Crippen LogP contribution in [-0.2, 0) is 16.4 Å². The van der Waals surface area contributed by atoms with Crippen molar-refractivity contribution in [2.75, 3.05) is 26.4 Å². The fourth-order valence-electron chi connectivity index (χ4n) is 3.06. The molecule has 1 aromatic carbocycles. The van der Waals surface area contributed by atoms with E-state index in [1.54, 1.807) is 12.1 Å². The van der Waals surface area contributed by atoms with Crippen molar-refractivity contribution in [2.45, 2.75) is 30.3 Å². The van der Waals surface area contributed by atoms with E-state index in [-0.39, 0.29) is 0 Å². The second-order valence-corrected chi connectivity index (χ2v) is 8.81. The molecule has 1 aliphatic rings. The number of sulfone groups is 1. The average Bonchev–Trinajstić information content (AvgIpc) is 2.61. The number of nitrogens with one attached hydrogen (secondary N) is 1. The summed E-state index contributed by atoms with van der Waals surface area (Å²) in [7, 11) is -0.991. The first-order valence-corrected chi connectivity index (χ1v) is 10.5. The molecule has 0 saturated carbocycles. The summed E-state index contributed by atoms with van der Waals surface area (Å²) in [6.45, 7) is 3.07. The van der Waals surface area contributed by atoms with Gasteiger partial charge in [-0.25, -0.2) is 8.42 Å². The molecule has 5 nitrogen and oxygen atoms in total. The molecule has 0 unspecified atom stereocenters. The maximum absolute atomic E-state index is 11.5. The highest BCUT2D eigenvalue weighted by molar-refractivity contribution is 7.90. The molecule has 0 spiro atoms. The van der Waals surface area contributed by atoms with Gasteiger partial charge in [-0.15, -0.1) is 0 Å². The minimum Gasteiger partial charge on any atom is -0.308 e. The molecule has 134 valence electrons. The van der Waals surface area contributed by atoms with Crippen LogP contribution in [0.25, 0.3) is 11.1 Å². The Labute approximate surface area is 150 Å². The molecule has 1 saturated heterocycles. The van der Waals surface area contributed by atoms with E-state index >= 15 is 0 Å². The summed E-state index contributed by atoms with van der Waals surface area (Å²) in [6.07, 6.45) is 5.43. The smallest absolute Gasteiger partial charge is 0.175 e. The zero-order valence-corrected chi connectivity index (χ0v) is 15.6. The lowest BCUT2D eigenvalue weighted by Crippen LogP contribution is -2.40. The highest BCUT2D eigenvalue weighted by atomic mass is 32.2. The molecule has 25 heavy (non-hydrogen) atoms. The molecule has 3 rings (SSSR count). The van der Waals surface area contributed by atoms with Crippen LogP contribution >= 0.6 is 0 Å². The molecule has 0 aliphatic carbocycles. The lowest BCUT2D eigenvalue weighted by atomic mass is 10.1. The van der Waals surface area contributed by atoms with E-state index in [0.717, 1.165) is 36.5 Å². The Hall–Kier alpha value is -1.76. The number of aromatic nitrogens is 1. The van der Waals surface area contributed by atoms with Gasteiger partial charge in [-0.05, 0) is 56.7 Å². The Morgan fingerprint density at radius 2 is 1.72 bits per heavy atom. The number of likely N-dealkylation sites (tertiary alicyclic amines) is 1. The van der Waals surface area contributed by atoms with Crippen LogP contribution < -0.4 is 5.32 Å². The minimum absolute atomic E-state index is 0.336. The van der Waals surface area contributed by atoms with E-state index in [4.69, 9.17) is 0 Å². The summed E-state index contributed by atoms with van der Waals surface area (Å²) >= 11 is 0. The third-order valence-corrected chi connectivity index (χ3v) is 5.86. The molecule has 1 aromatic heterocycles. The van der Waals surface area contributed by atoms with Gasteiger partial charge in [-0.3, -0.25) is 4.98 Å². The van der Waals surface area contributed by atoms with Gasteiger partial charge in [0.25, 0.3) is 0 Å². The molecule has 0 radical (unpaired) electrons. The van der Waals surface area contributed by atoms with Crippen molar-refractivity contribution in [2.24, 2.45) is 0 Å². The molecule has 1 N–H and O–H groups in total. The maximum atomic E-state index is 11.5. The maximum Gasteiger partial charge on any atom is 0.175 e. The summed E-state index contributed by atoms with van der Waals surface area (Å²) in [5.74, 6) is 0. The van der Waals surface area contributed by atoms with Gasteiger partial charge >= 0.3 is 0 Å². The van der Waals surface area contributed by atoms with E-state index in [2.05, 4.69) is 22.2 Å². The van der Waals surface area contributed by atoms with Crippen LogP contribution in [0, 0.1) is 0 Å². The lowest BCUT2D eigenvalue weighted by molar-refractivity contribution is 0.233. The van der Waals surface area contributed by atoms with E-state index in [0.29, 0.717) is 10.9 Å². The van der Waals surface area contributed by atoms with Crippen LogP contribution in [-0.4, -0.2) is 50.7 Å². The largest absolute Gasteiger partial charge is 0.308 e. The van der Waals surface area contributed by atoms with Gasteiger partial charge in [0.2, 0.25) is 0 Å². The Morgan fingerprint density at radius 1 is 1.08 bits per heavy atom. The van der Waals surface area contributed by atoms with Crippen LogP contribution in [0.1, 0.15) is 18.5 Å². The van der Waals surface area contributed by atoms with Gasteiger partial charge in [0.05, 0.1) is 10.6 Å². The molecule has 0 amide bonds. The summed E-state index contributed by atoms with van der Waals surface area (Å²) in [4.78, 5) is 7.23. The van der Waals surface area contributed by atoms with E-state index in [1.807, 2.05) is 30.5 Å². The molecule has 2 aromatic rings. The van der Waals surface area contributed by atoms with Crippen LogP contribution in [0.5, 0.6) is 0 Å². The second-order valence-electron chi connectivity index (χ2n) is 6.79. The van der Waals surface area contributed by atoms with Crippen LogP contribution in [0.4, 0.5) is 0 Å². The molecule has 0 atom stereocenters. The molecular weight excluding hydrogens is 334 g/mol. The third kappa shape index (κ3) is 4.87. The van der Waals surface area contributed by atoms with Crippen molar-refractivity contribution >= 4 is 9.84 Å². The zero-order chi connectivity index (χ0) is 17.9. The molecule has 6 heteroatoms. The molecule has 1 fully saturated rings. The molecule has 2 heterocycles. The van der Waals surface area contributed by atoms with Crippen molar-refractivity contribution in [3.63, 3.8) is 0 Å². The van der Waals surface area contributed by atoms with Crippen molar-refractivity contribution in [3.8, 4) is 11.1 Å². The standard InChI is InChI=1S/C19H25N3O2S/c1-22-11-9-17(10-12-22)21-14-18-6-3-16(13-20-18)15-4-7-19(8-5-15)25(2,23)24/h3-8,13,17,21H,9-12,14H2,1-2H3. The number of hydrogen-bond acceptors (Lipinski definition) is 5. The summed E-state index contributed by atoms with van der Waals surface area (Å²) in [5, 5.41) is 3.59. The van der Waals surface area contributed by atoms with Gasteiger partial charge in [-0.1, -0.05) is 18.2 Å². The van der Waals surface area contributed by atoms with Gasteiger partial charge in [-0.2, -0.15) is 0 Å². The summed E-state index contributed by atoms with van der Waals surface area (Å²) in [5.41, 5.74) is 2.98. The molecular formula is C19H25N3O2S. The summed E-state index contributed by atoms with van der Waals surface area (Å²) in [6, 6.07) is 11.6. The van der Waals surface area contributed by atoms with Gasteiger partial charge < -0.3 is 10.2 Å². The highest BCUT2D eigenvalue weighted by Gasteiger charge is 2.15. The van der Waals surface area contributed by atoms with Crippen LogP contribution in [0.2, 0.25) is 0 Å². The predicted octanol–water partition coefficient (Wildman–Crippen LogP) is 2.34. The predicted molar refractivity (Wildman–Crippen MR) is 100 cm³/mol. The van der Waals surface area contributed by atoms with Gasteiger partial charge in [0, 0.05) is 30.6 Å². The fraction of sp³-hybridized carbons (Fsp3) is 0.421. The average molecular weight is 359 g/mol. The number of hydrogen-bond donors (Lipinski definition) is 1. The number of benzene rings is 1. The Balaban J connectivity index is 1.60. The van der Waals surface area contributed by atoms with Gasteiger partial charge in [0.1, 0.15) is 0 Å². The zero-order valence-electron chi connectivity index (χ0n) is 14.8.